The molecule has 0 radical (unpaired) electrons. The smallest absolute Gasteiger partial charge is 0.244 e. The average Bonchev–Trinajstić information content (AvgIpc) is 2.49. The lowest BCUT2D eigenvalue weighted by molar-refractivity contribution is -0.129. The average molecular weight is 312 g/mol. The first kappa shape index (κ1) is 15.9. The zero-order chi connectivity index (χ0) is 15.5. The zero-order valence-electron chi connectivity index (χ0n) is 11.9. The summed E-state index contributed by atoms with van der Waals surface area (Å²) in [6.45, 7) is 2.08. The third-order valence-corrected chi connectivity index (χ3v) is 6.21. The van der Waals surface area contributed by atoms with Gasteiger partial charge in [-0.05, 0) is 30.4 Å². The Hall–Kier alpha value is -1.47. The molecule has 0 saturated carbocycles. The molecule has 2 N–H and O–H groups in total. The maximum atomic E-state index is 12.6. The summed E-state index contributed by atoms with van der Waals surface area (Å²) in [7, 11) is -3.56. The molecular formula is C14H20N2O4S. The molecule has 1 aliphatic heterocycles. The van der Waals surface area contributed by atoms with Crippen LogP contribution in [0.4, 0.5) is 0 Å². The lowest BCUT2D eigenvalue weighted by Gasteiger charge is -2.30. The van der Waals surface area contributed by atoms with E-state index in [-0.39, 0.29) is 17.2 Å². The lowest BCUT2D eigenvalue weighted by Crippen LogP contribution is -2.35. The molecule has 0 aliphatic carbocycles. The van der Waals surface area contributed by atoms with Gasteiger partial charge in [-0.1, -0.05) is 19.8 Å². The number of hydrogen-bond acceptors (Lipinski definition) is 5. The van der Waals surface area contributed by atoms with Crippen molar-refractivity contribution in [3.05, 3.63) is 24.0 Å². The number of nitrogens with zero attached hydrogens (tertiary/aromatic N) is 1. The molecule has 0 aromatic carbocycles. The largest absolute Gasteiger partial charge is 0.289 e. The minimum Gasteiger partial charge on any atom is -0.289 e. The van der Waals surface area contributed by atoms with Gasteiger partial charge in [0.2, 0.25) is 5.91 Å². The molecule has 2 atom stereocenters. The highest BCUT2D eigenvalue weighted by molar-refractivity contribution is 7.92. The van der Waals surface area contributed by atoms with Crippen LogP contribution in [0.1, 0.15) is 50.5 Å². The first-order valence-electron chi connectivity index (χ1n) is 7.11. The number of aromatic nitrogens is 1. The number of carbonyl (C=O) groups excluding carboxylic acids is 1. The van der Waals surface area contributed by atoms with Crippen LogP contribution in [0, 0.1) is 0 Å². The van der Waals surface area contributed by atoms with E-state index >= 15 is 0 Å². The Balaban J connectivity index is 2.38. The number of amides is 1. The molecular weight excluding hydrogens is 292 g/mol. The monoisotopic (exact) mass is 312 g/mol. The van der Waals surface area contributed by atoms with Gasteiger partial charge in [-0.3, -0.25) is 15.0 Å². The Morgan fingerprint density at radius 1 is 1.52 bits per heavy atom. The highest BCUT2D eigenvalue weighted by atomic mass is 32.2. The molecule has 2 rings (SSSR count). The summed E-state index contributed by atoms with van der Waals surface area (Å²) in [5, 5.41) is 7.84. The number of rotatable bonds is 5. The maximum absolute atomic E-state index is 12.6. The van der Waals surface area contributed by atoms with Gasteiger partial charge in [0.05, 0.1) is 10.1 Å². The number of sulfone groups is 1. The number of nitrogens with one attached hydrogen (secondary N) is 1. The number of unbranched alkanes of at least 4 members (excludes halogenated alkanes) is 1. The van der Waals surface area contributed by atoms with Crippen molar-refractivity contribution >= 4 is 15.7 Å². The van der Waals surface area contributed by atoms with Crippen molar-refractivity contribution in [1.29, 1.82) is 0 Å². The van der Waals surface area contributed by atoms with Gasteiger partial charge < -0.3 is 0 Å². The van der Waals surface area contributed by atoms with Gasteiger partial charge in [0, 0.05) is 18.8 Å². The van der Waals surface area contributed by atoms with E-state index in [1.807, 2.05) is 0 Å². The Bertz CT molecular complexity index is 615. The number of hydroxylamine groups is 1. The summed E-state index contributed by atoms with van der Waals surface area (Å²) < 4.78 is 25.2. The van der Waals surface area contributed by atoms with Crippen LogP contribution >= 0.6 is 0 Å². The van der Waals surface area contributed by atoms with Gasteiger partial charge >= 0.3 is 0 Å². The third kappa shape index (κ3) is 3.24. The number of carbonyl (C=O) groups is 1. The van der Waals surface area contributed by atoms with E-state index in [0.717, 1.165) is 24.8 Å². The van der Waals surface area contributed by atoms with Gasteiger partial charge in [-0.25, -0.2) is 13.9 Å². The van der Waals surface area contributed by atoms with Crippen LogP contribution in [0.3, 0.4) is 0 Å². The molecule has 1 aromatic heterocycles. The summed E-state index contributed by atoms with van der Waals surface area (Å²) >= 11 is 0. The Morgan fingerprint density at radius 2 is 2.29 bits per heavy atom. The van der Waals surface area contributed by atoms with Crippen LogP contribution in [-0.2, 0) is 14.6 Å². The third-order valence-electron chi connectivity index (χ3n) is 3.99. The van der Waals surface area contributed by atoms with Crippen molar-refractivity contribution in [2.24, 2.45) is 0 Å². The molecule has 7 heteroatoms. The van der Waals surface area contributed by atoms with E-state index in [9.17, 15) is 13.2 Å². The summed E-state index contributed by atoms with van der Waals surface area (Å²) in [6, 6.07) is 1.51. The minimum atomic E-state index is -3.56. The van der Waals surface area contributed by atoms with Gasteiger partial charge in [-0.2, -0.15) is 0 Å². The Labute approximate surface area is 124 Å². The molecule has 0 fully saturated rings. The quantitative estimate of drug-likeness (QED) is 0.638. The first-order chi connectivity index (χ1) is 10.0. The van der Waals surface area contributed by atoms with Crippen LogP contribution in [0.15, 0.2) is 23.4 Å². The number of pyridine rings is 1. The van der Waals surface area contributed by atoms with Gasteiger partial charge in [0.25, 0.3) is 0 Å². The second-order valence-corrected chi connectivity index (χ2v) is 7.59. The van der Waals surface area contributed by atoms with Gasteiger partial charge in [0.15, 0.2) is 9.84 Å². The second-order valence-electron chi connectivity index (χ2n) is 5.39. The summed E-state index contributed by atoms with van der Waals surface area (Å²) in [5.74, 6) is -0.580. The molecule has 0 saturated heterocycles. The maximum Gasteiger partial charge on any atom is 0.244 e. The fourth-order valence-corrected chi connectivity index (χ4v) is 4.89. The topological polar surface area (TPSA) is 96.4 Å². The van der Waals surface area contributed by atoms with Gasteiger partial charge in [0.1, 0.15) is 0 Å². The summed E-state index contributed by atoms with van der Waals surface area (Å²) in [6.07, 6.45) is 6.16. The molecule has 1 aromatic rings. The van der Waals surface area contributed by atoms with Crippen molar-refractivity contribution in [2.75, 3.05) is 0 Å². The van der Waals surface area contributed by atoms with Gasteiger partial charge in [-0.15, -0.1) is 0 Å². The van der Waals surface area contributed by atoms with E-state index in [1.54, 1.807) is 6.20 Å². The molecule has 1 amide bonds. The van der Waals surface area contributed by atoms with Crippen LogP contribution in [0.25, 0.3) is 0 Å². The lowest BCUT2D eigenvalue weighted by atomic mass is 9.89. The van der Waals surface area contributed by atoms with Crippen LogP contribution in [0.2, 0.25) is 0 Å². The van der Waals surface area contributed by atoms with Crippen molar-refractivity contribution in [1.82, 2.24) is 10.5 Å². The molecule has 21 heavy (non-hydrogen) atoms. The highest BCUT2D eigenvalue weighted by Crippen LogP contribution is 2.40. The molecule has 0 spiro atoms. The van der Waals surface area contributed by atoms with E-state index < -0.39 is 21.0 Å². The van der Waals surface area contributed by atoms with E-state index in [2.05, 4.69) is 11.9 Å². The second kappa shape index (κ2) is 6.53. The van der Waals surface area contributed by atoms with Crippen LogP contribution in [0.5, 0.6) is 0 Å². The van der Waals surface area contributed by atoms with E-state index in [1.165, 1.54) is 17.7 Å². The molecule has 0 bridgehead atoms. The standard InChI is InChI=1S/C14H20N2O4S/c1-2-3-4-10-7-11(8-14(17)16-18)21(19,20)13-5-6-15-9-12(10)13/h5-6,9-11,18H,2-4,7-8H2,1H3,(H,16,17). The van der Waals surface area contributed by atoms with E-state index in [0.29, 0.717) is 6.42 Å². The van der Waals surface area contributed by atoms with Crippen molar-refractivity contribution in [3.63, 3.8) is 0 Å². The van der Waals surface area contributed by atoms with Crippen LogP contribution < -0.4 is 5.48 Å². The summed E-state index contributed by atoms with van der Waals surface area (Å²) in [4.78, 5) is 15.7. The predicted octanol–water partition coefficient (Wildman–Crippen LogP) is 1.80. The number of fused-ring (bicyclic) bond motifs is 1. The molecule has 6 nitrogen and oxygen atoms in total. The summed E-state index contributed by atoms with van der Waals surface area (Å²) in [5.41, 5.74) is 2.27. The van der Waals surface area contributed by atoms with E-state index in [4.69, 9.17) is 5.21 Å². The predicted molar refractivity (Wildman–Crippen MR) is 76.6 cm³/mol. The fourth-order valence-electron chi connectivity index (χ4n) is 2.88. The highest BCUT2D eigenvalue weighted by Gasteiger charge is 2.39. The minimum absolute atomic E-state index is 0.0914. The number of hydrogen-bond donors (Lipinski definition) is 2. The Morgan fingerprint density at radius 3 is 2.95 bits per heavy atom. The molecule has 116 valence electrons. The van der Waals surface area contributed by atoms with Crippen LogP contribution in [-0.4, -0.2) is 29.8 Å². The SMILES string of the molecule is CCCCC1CC(CC(=O)NO)S(=O)(=O)c2ccncc21. The zero-order valence-corrected chi connectivity index (χ0v) is 12.8. The van der Waals surface area contributed by atoms with Crippen molar-refractivity contribution < 1.29 is 18.4 Å². The fraction of sp³-hybridized carbons (Fsp3) is 0.571. The van der Waals surface area contributed by atoms with Crippen molar-refractivity contribution in [2.45, 2.75) is 55.1 Å². The first-order valence-corrected chi connectivity index (χ1v) is 8.66. The molecule has 2 unspecified atom stereocenters. The van der Waals surface area contributed by atoms with Crippen molar-refractivity contribution in [3.8, 4) is 0 Å². The molecule has 1 aliphatic rings. The Kier molecular flexibility index (Phi) is 4.95. The normalized spacial score (nSPS) is 23.3. The molecule has 2 heterocycles.